The van der Waals surface area contributed by atoms with Crippen LogP contribution in [0.3, 0.4) is 0 Å². The van der Waals surface area contributed by atoms with E-state index in [1.807, 2.05) is 6.07 Å². The van der Waals surface area contributed by atoms with Gasteiger partial charge in [0, 0.05) is 20.0 Å². The molecule has 15 heavy (non-hydrogen) atoms. The van der Waals surface area contributed by atoms with Crippen LogP contribution >= 0.6 is 11.8 Å². The second-order valence-corrected chi connectivity index (χ2v) is 3.65. The monoisotopic (exact) mass is 223 g/mol. The van der Waals surface area contributed by atoms with E-state index in [-0.39, 0.29) is 0 Å². The first-order chi connectivity index (χ1) is 7.28. The summed E-state index contributed by atoms with van der Waals surface area (Å²) in [6.45, 7) is 1.75. The largest absolute Gasteiger partial charge is 0.416 e. The van der Waals surface area contributed by atoms with Crippen molar-refractivity contribution in [1.82, 2.24) is 20.2 Å². The summed E-state index contributed by atoms with van der Waals surface area (Å²) in [5.74, 6) is 1.30. The molecule has 0 bridgehead atoms. The molecule has 0 amide bonds. The first-order valence-electron chi connectivity index (χ1n) is 4.25. The third kappa shape index (κ3) is 2.44. The van der Waals surface area contributed by atoms with Crippen LogP contribution < -0.4 is 5.32 Å². The van der Waals surface area contributed by atoms with Gasteiger partial charge in [0.1, 0.15) is 17.2 Å². The van der Waals surface area contributed by atoms with Gasteiger partial charge in [0.25, 0.3) is 5.22 Å². The third-order valence-corrected chi connectivity index (χ3v) is 2.37. The lowest BCUT2D eigenvalue weighted by Gasteiger charge is -1.99. The van der Waals surface area contributed by atoms with Crippen molar-refractivity contribution < 1.29 is 4.42 Å². The predicted octanol–water partition coefficient (Wildman–Crippen LogP) is 1.36. The molecular formula is C8H9N5OS. The molecule has 0 fully saturated rings. The van der Waals surface area contributed by atoms with Gasteiger partial charge in [-0.1, -0.05) is 0 Å². The second kappa shape index (κ2) is 4.26. The zero-order chi connectivity index (χ0) is 10.7. The summed E-state index contributed by atoms with van der Waals surface area (Å²) in [6, 6.07) is 1.81. The lowest BCUT2D eigenvalue weighted by atomic mass is 10.6. The maximum Gasteiger partial charge on any atom is 0.282 e. The Balaban J connectivity index is 2.16. The van der Waals surface area contributed by atoms with Crippen LogP contribution in [-0.4, -0.2) is 27.2 Å². The van der Waals surface area contributed by atoms with Crippen LogP contribution in [0.2, 0.25) is 0 Å². The summed E-state index contributed by atoms with van der Waals surface area (Å²) in [7, 11) is 1.80. The average Bonchev–Trinajstić information content (AvgIpc) is 2.64. The van der Waals surface area contributed by atoms with E-state index < -0.39 is 0 Å². The van der Waals surface area contributed by atoms with Crippen molar-refractivity contribution in [2.45, 2.75) is 17.2 Å². The van der Waals surface area contributed by atoms with Gasteiger partial charge in [0.2, 0.25) is 5.89 Å². The van der Waals surface area contributed by atoms with E-state index >= 15 is 0 Å². The standard InChI is InChI=1S/C8H9N5OS/c1-5-12-13-8(14-5)15-7-3-6(9-2)10-4-11-7/h3-4H,1-2H3,(H,9,10,11). The molecule has 1 N–H and O–H groups in total. The highest BCUT2D eigenvalue weighted by Gasteiger charge is 2.06. The Bertz CT molecular complexity index is 458. The Morgan fingerprint density at radius 1 is 1.33 bits per heavy atom. The minimum absolute atomic E-state index is 0.480. The van der Waals surface area contributed by atoms with Gasteiger partial charge in [-0.05, 0) is 11.8 Å². The van der Waals surface area contributed by atoms with Crippen LogP contribution in [0.15, 0.2) is 27.1 Å². The van der Waals surface area contributed by atoms with Crippen LogP contribution in [0, 0.1) is 6.92 Å². The average molecular weight is 223 g/mol. The number of nitrogens with zero attached hydrogens (tertiary/aromatic N) is 4. The van der Waals surface area contributed by atoms with E-state index in [1.165, 1.54) is 18.1 Å². The Morgan fingerprint density at radius 3 is 2.87 bits per heavy atom. The fourth-order valence-corrected chi connectivity index (χ4v) is 1.63. The highest BCUT2D eigenvalue weighted by atomic mass is 32.2. The van der Waals surface area contributed by atoms with Crippen LogP contribution in [0.1, 0.15) is 5.89 Å². The van der Waals surface area contributed by atoms with Gasteiger partial charge < -0.3 is 9.73 Å². The Labute approximate surface area is 90.5 Å². The second-order valence-electron chi connectivity index (χ2n) is 2.68. The molecule has 7 heteroatoms. The minimum Gasteiger partial charge on any atom is -0.416 e. The molecule has 0 atom stereocenters. The molecule has 0 aliphatic rings. The van der Waals surface area contributed by atoms with Gasteiger partial charge in [-0.2, -0.15) is 0 Å². The van der Waals surface area contributed by atoms with Crippen molar-refractivity contribution in [1.29, 1.82) is 0 Å². The highest BCUT2D eigenvalue weighted by Crippen LogP contribution is 2.25. The first-order valence-corrected chi connectivity index (χ1v) is 5.07. The summed E-state index contributed by atoms with van der Waals surface area (Å²) >= 11 is 1.31. The number of hydrogen-bond acceptors (Lipinski definition) is 7. The summed E-state index contributed by atoms with van der Waals surface area (Å²) in [5, 5.41) is 11.8. The van der Waals surface area contributed by atoms with Crippen molar-refractivity contribution in [2.24, 2.45) is 0 Å². The lowest BCUT2D eigenvalue weighted by Crippen LogP contribution is -1.93. The van der Waals surface area contributed by atoms with Gasteiger partial charge in [0.15, 0.2) is 0 Å². The molecule has 2 rings (SSSR count). The Kier molecular flexibility index (Phi) is 2.82. The number of hydrogen-bond donors (Lipinski definition) is 1. The Hall–Kier alpha value is -1.63. The molecule has 78 valence electrons. The number of aryl methyl sites for hydroxylation is 1. The molecular weight excluding hydrogens is 214 g/mol. The maximum atomic E-state index is 5.22. The van der Waals surface area contributed by atoms with E-state index in [1.54, 1.807) is 14.0 Å². The van der Waals surface area contributed by atoms with Crippen LogP contribution in [0.5, 0.6) is 0 Å². The summed E-state index contributed by atoms with van der Waals surface area (Å²) in [4.78, 5) is 8.08. The summed E-state index contributed by atoms with van der Waals surface area (Å²) in [6.07, 6.45) is 1.48. The zero-order valence-electron chi connectivity index (χ0n) is 8.26. The van der Waals surface area contributed by atoms with Gasteiger partial charge in [-0.25, -0.2) is 9.97 Å². The van der Waals surface area contributed by atoms with Crippen molar-refractivity contribution >= 4 is 17.6 Å². The molecule has 0 saturated heterocycles. The lowest BCUT2D eigenvalue weighted by molar-refractivity contribution is 0.429. The SMILES string of the molecule is CNc1cc(Sc2nnc(C)o2)ncn1. The van der Waals surface area contributed by atoms with Gasteiger partial charge in [0.05, 0.1) is 0 Å². The molecule has 0 aromatic carbocycles. The van der Waals surface area contributed by atoms with Crippen molar-refractivity contribution in [2.75, 3.05) is 12.4 Å². The highest BCUT2D eigenvalue weighted by molar-refractivity contribution is 7.99. The van der Waals surface area contributed by atoms with E-state index in [9.17, 15) is 0 Å². The van der Waals surface area contributed by atoms with Crippen LogP contribution in [0.25, 0.3) is 0 Å². The molecule has 0 aliphatic heterocycles. The number of anilines is 1. The molecule has 2 aromatic rings. The fraction of sp³-hybridized carbons (Fsp3) is 0.250. The minimum atomic E-state index is 0.480. The number of nitrogens with one attached hydrogen (secondary N) is 1. The van der Waals surface area contributed by atoms with E-state index in [4.69, 9.17) is 4.42 Å². The molecule has 6 nitrogen and oxygen atoms in total. The van der Waals surface area contributed by atoms with E-state index in [0.29, 0.717) is 11.1 Å². The predicted molar refractivity (Wildman–Crippen MR) is 54.7 cm³/mol. The summed E-state index contributed by atoms with van der Waals surface area (Å²) in [5.41, 5.74) is 0. The van der Waals surface area contributed by atoms with Crippen LogP contribution in [0.4, 0.5) is 5.82 Å². The smallest absolute Gasteiger partial charge is 0.282 e. The molecule has 0 radical (unpaired) electrons. The topological polar surface area (TPSA) is 76.7 Å². The van der Waals surface area contributed by atoms with Gasteiger partial charge in [-0.15, -0.1) is 10.2 Å². The number of aromatic nitrogens is 4. The molecule has 2 heterocycles. The normalized spacial score (nSPS) is 10.3. The van der Waals surface area contributed by atoms with Crippen LogP contribution in [-0.2, 0) is 0 Å². The van der Waals surface area contributed by atoms with Crippen molar-refractivity contribution in [3.05, 3.63) is 18.3 Å². The molecule has 2 aromatic heterocycles. The molecule has 0 unspecified atom stereocenters. The van der Waals surface area contributed by atoms with Gasteiger partial charge >= 0.3 is 0 Å². The zero-order valence-corrected chi connectivity index (χ0v) is 9.08. The number of rotatable bonds is 3. The summed E-state index contributed by atoms with van der Waals surface area (Å²) < 4.78 is 5.22. The fourth-order valence-electron chi connectivity index (χ4n) is 0.941. The first kappa shape index (κ1) is 9.91. The van der Waals surface area contributed by atoms with E-state index in [2.05, 4.69) is 25.5 Å². The molecule has 0 spiro atoms. The maximum absolute atomic E-state index is 5.22. The molecule has 0 aliphatic carbocycles. The van der Waals surface area contributed by atoms with Gasteiger partial charge in [-0.3, -0.25) is 0 Å². The van der Waals surface area contributed by atoms with Crippen molar-refractivity contribution in [3.8, 4) is 0 Å². The quantitative estimate of drug-likeness (QED) is 0.787. The van der Waals surface area contributed by atoms with Crippen molar-refractivity contribution in [3.63, 3.8) is 0 Å². The Morgan fingerprint density at radius 2 is 2.20 bits per heavy atom. The van der Waals surface area contributed by atoms with E-state index in [0.717, 1.165) is 10.8 Å². The molecule has 0 saturated carbocycles. The third-order valence-electron chi connectivity index (χ3n) is 1.60.